The van der Waals surface area contributed by atoms with Gasteiger partial charge in [-0.05, 0) is 35.4 Å². The molecule has 0 radical (unpaired) electrons. The van der Waals surface area contributed by atoms with Crippen molar-refractivity contribution in [3.8, 4) is 11.1 Å². The highest BCUT2D eigenvalue weighted by Gasteiger charge is 2.24. The summed E-state index contributed by atoms with van der Waals surface area (Å²) in [6.07, 6.45) is 0. The van der Waals surface area contributed by atoms with E-state index in [-0.39, 0.29) is 17.7 Å². The van der Waals surface area contributed by atoms with Crippen LogP contribution in [0.3, 0.4) is 0 Å². The maximum absolute atomic E-state index is 13.4. The van der Waals surface area contributed by atoms with Gasteiger partial charge in [-0.15, -0.1) is 0 Å². The SMILES string of the molecule is CCOC(=O)c1[nH]c2[nH]c3ccccc3c(=O)c2c1-c1cccc2ccccc12. The van der Waals surface area contributed by atoms with Crippen molar-refractivity contribution in [2.75, 3.05) is 6.61 Å². The van der Waals surface area contributed by atoms with Crippen LogP contribution in [0.1, 0.15) is 17.4 Å². The van der Waals surface area contributed by atoms with Gasteiger partial charge in [-0.3, -0.25) is 4.79 Å². The van der Waals surface area contributed by atoms with Crippen molar-refractivity contribution in [3.63, 3.8) is 0 Å². The number of nitrogens with one attached hydrogen (secondary N) is 2. The number of rotatable bonds is 3. The molecule has 5 aromatic rings. The van der Waals surface area contributed by atoms with Gasteiger partial charge in [-0.25, -0.2) is 4.79 Å². The minimum atomic E-state index is -0.483. The van der Waals surface area contributed by atoms with E-state index < -0.39 is 5.97 Å². The van der Waals surface area contributed by atoms with Crippen LogP contribution >= 0.6 is 0 Å². The lowest BCUT2D eigenvalue weighted by atomic mass is 9.95. The van der Waals surface area contributed by atoms with Crippen molar-refractivity contribution in [1.29, 1.82) is 0 Å². The highest BCUT2D eigenvalue weighted by molar-refractivity contribution is 6.13. The largest absolute Gasteiger partial charge is 0.461 e. The number of aromatic nitrogens is 2. The van der Waals surface area contributed by atoms with Gasteiger partial charge in [0.15, 0.2) is 5.43 Å². The van der Waals surface area contributed by atoms with Crippen molar-refractivity contribution in [2.45, 2.75) is 6.92 Å². The Morgan fingerprint density at radius 3 is 2.45 bits per heavy atom. The number of fused-ring (bicyclic) bond motifs is 3. The number of pyridine rings is 1. The van der Waals surface area contributed by atoms with E-state index in [9.17, 15) is 9.59 Å². The Morgan fingerprint density at radius 1 is 0.897 bits per heavy atom. The number of hydrogen-bond acceptors (Lipinski definition) is 3. The zero-order valence-electron chi connectivity index (χ0n) is 15.8. The minimum Gasteiger partial charge on any atom is -0.461 e. The zero-order chi connectivity index (χ0) is 20.0. The molecule has 5 nitrogen and oxygen atoms in total. The molecule has 2 aromatic heterocycles. The maximum Gasteiger partial charge on any atom is 0.355 e. The Kier molecular flexibility index (Phi) is 3.95. The molecule has 0 saturated carbocycles. The van der Waals surface area contributed by atoms with Gasteiger partial charge in [-0.2, -0.15) is 0 Å². The predicted molar refractivity (Wildman–Crippen MR) is 115 cm³/mol. The fourth-order valence-corrected chi connectivity index (χ4v) is 3.95. The van der Waals surface area contributed by atoms with Crippen LogP contribution in [0.2, 0.25) is 0 Å². The van der Waals surface area contributed by atoms with Gasteiger partial charge in [-0.1, -0.05) is 54.6 Å². The van der Waals surface area contributed by atoms with Gasteiger partial charge in [0, 0.05) is 10.9 Å². The number of para-hydroxylation sites is 1. The number of H-pyrrole nitrogens is 2. The quantitative estimate of drug-likeness (QED) is 0.431. The van der Waals surface area contributed by atoms with Crippen LogP contribution in [0.15, 0.2) is 71.5 Å². The standard InChI is InChI=1S/C24H18N2O3/c1-2-29-24(28)21-19(16-12-7-9-14-8-3-4-10-15(14)16)20-22(27)17-11-5-6-13-18(17)25-23(20)26-21/h3-13H,2H2,1H3,(H2,25,26,27). The zero-order valence-corrected chi connectivity index (χ0v) is 15.8. The molecule has 0 fully saturated rings. The normalized spacial score (nSPS) is 11.3. The van der Waals surface area contributed by atoms with Crippen molar-refractivity contribution in [1.82, 2.24) is 9.97 Å². The van der Waals surface area contributed by atoms with E-state index >= 15 is 0 Å². The van der Waals surface area contributed by atoms with Crippen LogP contribution < -0.4 is 5.43 Å². The molecule has 0 bridgehead atoms. The van der Waals surface area contributed by atoms with Crippen molar-refractivity contribution in [2.24, 2.45) is 0 Å². The van der Waals surface area contributed by atoms with Crippen LogP contribution in [0.4, 0.5) is 0 Å². The smallest absolute Gasteiger partial charge is 0.355 e. The molecule has 0 aliphatic rings. The molecule has 2 N–H and O–H groups in total. The molecule has 0 atom stereocenters. The van der Waals surface area contributed by atoms with E-state index in [1.165, 1.54) is 0 Å². The third-order valence-corrected chi connectivity index (χ3v) is 5.20. The number of esters is 1. The summed E-state index contributed by atoms with van der Waals surface area (Å²) in [4.78, 5) is 32.6. The fraction of sp³-hybridized carbons (Fsp3) is 0.0833. The van der Waals surface area contributed by atoms with E-state index in [0.29, 0.717) is 27.5 Å². The summed E-state index contributed by atoms with van der Waals surface area (Å²) in [5.74, 6) is -0.483. The van der Waals surface area contributed by atoms with E-state index in [1.807, 2.05) is 60.7 Å². The fourth-order valence-electron chi connectivity index (χ4n) is 3.95. The van der Waals surface area contributed by atoms with Gasteiger partial charge < -0.3 is 14.7 Å². The number of carbonyl (C=O) groups is 1. The van der Waals surface area contributed by atoms with Crippen LogP contribution in [-0.4, -0.2) is 22.5 Å². The number of benzene rings is 3. The van der Waals surface area contributed by atoms with Gasteiger partial charge in [0.2, 0.25) is 0 Å². The molecule has 0 aliphatic carbocycles. The number of hydrogen-bond donors (Lipinski definition) is 2. The summed E-state index contributed by atoms with van der Waals surface area (Å²) in [6.45, 7) is 2.01. The molecule has 29 heavy (non-hydrogen) atoms. The third kappa shape index (κ3) is 2.63. The summed E-state index contributed by atoms with van der Waals surface area (Å²) >= 11 is 0. The highest BCUT2D eigenvalue weighted by atomic mass is 16.5. The number of aromatic amines is 2. The second-order valence-electron chi connectivity index (χ2n) is 6.87. The average molecular weight is 382 g/mol. The number of carbonyl (C=O) groups excluding carboxylic acids is 1. The van der Waals surface area contributed by atoms with E-state index in [0.717, 1.165) is 16.3 Å². The Labute approximate surface area is 165 Å². The summed E-state index contributed by atoms with van der Waals surface area (Å²) in [6, 6.07) is 21.1. The topological polar surface area (TPSA) is 75.0 Å². The van der Waals surface area contributed by atoms with Crippen LogP contribution in [0, 0.1) is 0 Å². The van der Waals surface area contributed by atoms with Crippen molar-refractivity contribution < 1.29 is 9.53 Å². The third-order valence-electron chi connectivity index (χ3n) is 5.20. The first-order valence-corrected chi connectivity index (χ1v) is 9.51. The molecule has 3 aromatic carbocycles. The van der Waals surface area contributed by atoms with Crippen LogP contribution in [0.5, 0.6) is 0 Å². The first-order chi connectivity index (χ1) is 14.2. The van der Waals surface area contributed by atoms with Crippen LogP contribution in [-0.2, 0) is 4.74 Å². The monoisotopic (exact) mass is 382 g/mol. The molecular formula is C24H18N2O3. The van der Waals surface area contributed by atoms with E-state index in [4.69, 9.17) is 4.74 Å². The van der Waals surface area contributed by atoms with Gasteiger partial charge in [0.05, 0.1) is 17.5 Å². The first kappa shape index (κ1) is 17.3. The molecular weight excluding hydrogens is 364 g/mol. The molecule has 5 rings (SSSR count). The second-order valence-corrected chi connectivity index (χ2v) is 6.87. The molecule has 5 heteroatoms. The van der Waals surface area contributed by atoms with Gasteiger partial charge in [0.25, 0.3) is 0 Å². The van der Waals surface area contributed by atoms with Crippen LogP contribution in [0.25, 0.3) is 43.8 Å². The van der Waals surface area contributed by atoms with Crippen molar-refractivity contribution >= 4 is 38.7 Å². The van der Waals surface area contributed by atoms with Crippen molar-refractivity contribution in [3.05, 3.63) is 82.6 Å². The van der Waals surface area contributed by atoms with E-state index in [2.05, 4.69) is 9.97 Å². The Hall–Kier alpha value is -3.86. The van der Waals surface area contributed by atoms with Gasteiger partial charge in [0.1, 0.15) is 11.3 Å². The second kappa shape index (κ2) is 6.63. The van der Waals surface area contributed by atoms with Gasteiger partial charge >= 0.3 is 5.97 Å². The minimum absolute atomic E-state index is 0.121. The molecule has 0 spiro atoms. The lowest BCUT2D eigenvalue weighted by molar-refractivity contribution is 0.0521. The molecule has 0 amide bonds. The molecule has 0 saturated heterocycles. The average Bonchev–Trinajstić information content (AvgIpc) is 3.13. The molecule has 142 valence electrons. The Balaban J connectivity index is 1.96. The summed E-state index contributed by atoms with van der Waals surface area (Å²) in [5.41, 5.74) is 2.78. The Bertz CT molecular complexity index is 1450. The number of ether oxygens (including phenoxy) is 1. The molecule has 0 unspecified atom stereocenters. The summed E-state index contributed by atoms with van der Waals surface area (Å²) in [7, 11) is 0. The highest BCUT2D eigenvalue weighted by Crippen LogP contribution is 2.36. The summed E-state index contributed by atoms with van der Waals surface area (Å²) in [5, 5.41) is 3.04. The molecule has 0 aliphatic heterocycles. The maximum atomic E-state index is 13.4. The molecule has 2 heterocycles. The predicted octanol–water partition coefficient (Wildman–Crippen LogP) is 5.01. The lowest BCUT2D eigenvalue weighted by Crippen LogP contribution is -2.07. The summed E-state index contributed by atoms with van der Waals surface area (Å²) < 4.78 is 5.28. The van der Waals surface area contributed by atoms with E-state index in [1.54, 1.807) is 13.0 Å². The Morgan fingerprint density at radius 2 is 1.62 bits per heavy atom. The first-order valence-electron chi connectivity index (χ1n) is 9.51. The lowest BCUT2D eigenvalue weighted by Gasteiger charge is -2.09.